The molecule has 0 amide bonds. The van der Waals surface area contributed by atoms with E-state index in [1.165, 1.54) is 12.8 Å². The van der Waals surface area contributed by atoms with Gasteiger partial charge in [0.15, 0.2) is 0 Å². The molecular formula is C18H25N3. The first-order chi connectivity index (χ1) is 10.1. The molecule has 0 aliphatic carbocycles. The molecule has 1 unspecified atom stereocenters. The monoisotopic (exact) mass is 283 g/mol. The summed E-state index contributed by atoms with van der Waals surface area (Å²) in [5.41, 5.74) is 2.13. The predicted molar refractivity (Wildman–Crippen MR) is 91.1 cm³/mol. The van der Waals surface area contributed by atoms with Crippen LogP contribution in [0.3, 0.4) is 0 Å². The second kappa shape index (κ2) is 7.67. The molecule has 0 aliphatic rings. The van der Waals surface area contributed by atoms with Crippen molar-refractivity contribution in [3.63, 3.8) is 0 Å². The number of hydrogen-bond donors (Lipinski definition) is 2. The molecule has 2 rings (SSSR count). The molecule has 3 nitrogen and oxygen atoms in total. The Bertz CT molecular complexity index is 520. The van der Waals surface area contributed by atoms with E-state index in [4.69, 9.17) is 0 Å². The van der Waals surface area contributed by atoms with Gasteiger partial charge in [0.25, 0.3) is 0 Å². The summed E-state index contributed by atoms with van der Waals surface area (Å²) in [6.45, 7) is 6.75. The Labute approximate surface area is 127 Å². The molecular weight excluding hydrogens is 258 g/mol. The highest BCUT2D eigenvalue weighted by Crippen LogP contribution is 2.17. The van der Waals surface area contributed by atoms with Crippen molar-refractivity contribution in [2.45, 2.75) is 39.7 Å². The fraction of sp³-hybridized carbons (Fsp3) is 0.389. The average molecular weight is 283 g/mol. The molecule has 21 heavy (non-hydrogen) atoms. The van der Waals surface area contributed by atoms with Gasteiger partial charge in [0.05, 0.1) is 11.9 Å². The van der Waals surface area contributed by atoms with Gasteiger partial charge in [-0.2, -0.15) is 0 Å². The number of para-hydroxylation sites is 1. The maximum atomic E-state index is 4.45. The Hall–Kier alpha value is -2.03. The first-order valence-corrected chi connectivity index (χ1v) is 7.68. The van der Waals surface area contributed by atoms with Crippen LogP contribution in [0, 0.1) is 5.92 Å². The molecule has 0 fully saturated rings. The molecule has 0 radical (unpaired) electrons. The minimum absolute atomic E-state index is 0.474. The predicted octanol–water partition coefficient (Wildman–Crippen LogP) is 5.06. The van der Waals surface area contributed by atoms with Crippen LogP contribution in [-0.2, 0) is 0 Å². The standard InChI is InChI=1S/C18H25N3/c1-14(2)9-10-15(3)20-17-11-12-18(19-13-17)21-16-7-5-4-6-8-16/h4-8,11-15,20H,9-10H2,1-3H3,(H,19,21). The molecule has 2 aromatic rings. The van der Waals surface area contributed by atoms with Crippen LogP contribution < -0.4 is 10.6 Å². The molecule has 1 atom stereocenters. The van der Waals surface area contributed by atoms with Gasteiger partial charge in [-0.3, -0.25) is 0 Å². The smallest absolute Gasteiger partial charge is 0.130 e. The molecule has 0 bridgehead atoms. The van der Waals surface area contributed by atoms with Crippen molar-refractivity contribution >= 4 is 17.2 Å². The highest BCUT2D eigenvalue weighted by Gasteiger charge is 2.04. The summed E-state index contributed by atoms with van der Waals surface area (Å²) in [7, 11) is 0. The highest BCUT2D eigenvalue weighted by atomic mass is 15.0. The lowest BCUT2D eigenvalue weighted by Crippen LogP contribution is -2.15. The Morgan fingerprint density at radius 3 is 2.29 bits per heavy atom. The number of hydrogen-bond acceptors (Lipinski definition) is 3. The largest absolute Gasteiger partial charge is 0.381 e. The maximum absolute atomic E-state index is 4.45. The van der Waals surface area contributed by atoms with E-state index in [1.54, 1.807) is 0 Å². The molecule has 2 N–H and O–H groups in total. The van der Waals surface area contributed by atoms with Gasteiger partial charge >= 0.3 is 0 Å². The van der Waals surface area contributed by atoms with Crippen LogP contribution in [0.1, 0.15) is 33.6 Å². The normalized spacial score (nSPS) is 12.2. The van der Waals surface area contributed by atoms with Crippen molar-refractivity contribution in [3.05, 3.63) is 48.7 Å². The van der Waals surface area contributed by atoms with Crippen LogP contribution >= 0.6 is 0 Å². The molecule has 3 heteroatoms. The minimum atomic E-state index is 0.474. The zero-order valence-electron chi connectivity index (χ0n) is 13.1. The van der Waals surface area contributed by atoms with E-state index in [2.05, 4.69) is 42.5 Å². The van der Waals surface area contributed by atoms with Gasteiger partial charge < -0.3 is 10.6 Å². The van der Waals surface area contributed by atoms with Crippen molar-refractivity contribution in [1.82, 2.24) is 4.98 Å². The first-order valence-electron chi connectivity index (χ1n) is 7.68. The van der Waals surface area contributed by atoms with Crippen molar-refractivity contribution in [1.29, 1.82) is 0 Å². The van der Waals surface area contributed by atoms with E-state index in [0.717, 1.165) is 23.1 Å². The third-order valence-corrected chi connectivity index (χ3v) is 3.40. The van der Waals surface area contributed by atoms with E-state index in [0.29, 0.717) is 6.04 Å². The van der Waals surface area contributed by atoms with Crippen molar-refractivity contribution in [2.75, 3.05) is 10.6 Å². The zero-order chi connectivity index (χ0) is 15.1. The topological polar surface area (TPSA) is 37.0 Å². The van der Waals surface area contributed by atoms with E-state index >= 15 is 0 Å². The summed E-state index contributed by atoms with van der Waals surface area (Å²) in [6.07, 6.45) is 4.31. The Morgan fingerprint density at radius 1 is 0.905 bits per heavy atom. The van der Waals surface area contributed by atoms with Crippen LogP contribution in [-0.4, -0.2) is 11.0 Å². The van der Waals surface area contributed by atoms with Gasteiger partial charge in [-0.15, -0.1) is 0 Å². The number of rotatable bonds is 7. The van der Waals surface area contributed by atoms with E-state index < -0.39 is 0 Å². The van der Waals surface area contributed by atoms with Gasteiger partial charge in [-0.1, -0.05) is 32.0 Å². The molecule has 112 valence electrons. The quantitative estimate of drug-likeness (QED) is 0.745. The Kier molecular flexibility index (Phi) is 5.61. The summed E-state index contributed by atoms with van der Waals surface area (Å²) in [5.74, 6) is 1.62. The molecule has 1 aromatic heterocycles. The lowest BCUT2D eigenvalue weighted by Gasteiger charge is -2.16. The van der Waals surface area contributed by atoms with Crippen LogP contribution in [0.2, 0.25) is 0 Å². The van der Waals surface area contributed by atoms with Gasteiger partial charge in [-0.25, -0.2) is 4.98 Å². The van der Waals surface area contributed by atoms with Crippen molar-refractivity contribution < 1.29 is 0 Å². The Balaban J connectivity index is 1.87. The average Bonchev–Trinajstić information content (AvgIpc) is 2.48. The highest BCUT2D eigenvalue weighted by molar-refractivity contribution is 5.57. The first kappa shape index (κ1) is 15.4. The summed E-state index contributed by atoms with van der Waals surface area (Å²) in [6, 6.07) is 14.6. The number of anilines is 3. The zero-order valence-corrected chi connectivity index (χ0v) is 13.1. The molecule has 0 saturated carbocycles. The van der Waals surface area contributed by atoms with Gasteiger partial charge in [0.1, 0.15) is 5.82 Å². The molecule has 0 spiro atoms. The maximum Gasteiger partial charge on any atom is 0.130 e. The summed E-state index contributed by atoms with van der Waals surface area (Å²) in [5, 5.41) is 6.78. The summed E-state index contributed by atoms with van der Waals surface area (Å²) in [4.78, 5) is 4.45. The van der Waals surface area contributed by atoms with Crippen molar-refractivity contribution in [2.24, 2.45) is 5.92 Å². The molecule has 0 aliphatic heterocycles. The summed E-state index contributed by atoms with van der Waals surface area (Å²) >= 11 is 0. The van der Waals surface area contributed by atoms with E-state index in [9.17, 15) is 0 Å². The fourth-order valence-corrected chi connectivity index (χ4v) is 2.16. The SMILES string of the molecule is CC(C)CCC(C)Nc1ccc(Nc2ccccc2)nc1. The van der Waals surface area contributed by atoms with Crippen molar-refractivity contribution in [3.8, 4) is 0 Å². The van der Waals surface area contributed by atoms with E-state index in [-0.39, 0.29) is 0 Å². The molecule has 0 saturated heterocycles. The minimum Gasteiger partial charge on any atom is -0.381 e. The lowest BCUT2D eigenvalue weighted by atomic mass is 10.0. The Morgan fingerprint density at radius 2 is 1.67 bits per heavy atom. The number of aromatic nitrogens is 1. The van der Waals surface area contributed by atoms with Gasteiger partial charge in [0, 0.05) is 11.7 Å². The van der Waals surface area contributed by atoms with Crippen LogP contribution in [0.5, 0.6) is 0 Å². The van der Waals surface area contributed by atoms with E-state index in [1.807, 2.05) is 42.6 Å². The summed E-state index contributed by atoms with van der Waals surface area (Å²) < 4.78 is 0. The van der Waals surface area contributed by atoms with Crippen LogP contribution in [0.25, 0.3) is 0 Å². The lowest BCUT2D eigenvalue weighted by molar-refractivity contribution is 0.527. The number of pyridine rings is 1. The second-order valence-corrected chi connectivity index (χ2v) is 5.94. The van der Waals surface area contributed by atoms with Gasteiger partial charge in [-0.05, 0) is 49.9 Å². The van der Waals surface area contributed by atoms with Gasteiger partial charge in [0.2, 0.25) is 0 Å². The number of benzene rings is 1. The number of nitrogens with one attached hydrogen (secondary N) is 2. The fourth-order valence-electron chi connectivity index (χ4n) is 2.16. The molecule has 1 heterocycles. The number of nitrogens with zero attached hydrogens (tertiary/aromatic N) is 1. The second-order valence-electron chi connectivity index (χ2n) is 5.94. The van der Waals surface area contributed by atoms with Crippen LogP contribution in [0.4, 0.5) is 17.2 Å². The third kappa shape index (κ3) is 5.46. The third-order valence-electron chi connectivity index (χ3n) is 3.40. The van der Waals surface area contributed by atoms with Crippen LogP contribution in [0.15, 0.2) is 48.7 Å². The molecule has 1 aromatic carbocycles.